The number of nitrogen functional groups attached to an aromatic ring is 1. The van der Waals surface area contributed by atoms with Crippen LogP contribution in [0.5, 0.6) is 5.75 Å². The van der Waals surface area contributed by atoms with E-state index in [1.54, 1.807) is 7.11 Å². The summed E-state index contributed by atoms with van der Waals surface area (Å²) in [5.74, 6) is 0.916. The fourth-order valence-electron chi connectivity index (χ4n) is 2.72. The van der Waals surface area contributed by atoms with Crippen LogP contribution in [0.1, 0.15) is 11.1 Å². The van der Waals surface area contributed by atoms with E-state index in [0.29, 0.717) is 0 Å². The summed E-state index contributed by atoms with van der Waals surface area (Å²) in [4.78, 5) is 0. The van der Waals surface area contributed by atoms with Gasteiger partial charge in [0, 0.05) is 24.3 Å². The van der Waals surface area contributed by atoms with Gasteiger partial charge in [0.25, 0.3) is 0 Å². The molecular weight excluding hydrogens is 272 g/mol. The van der Waals surface area contributed by atoms with Gasteiger partial charge in [0.1, 0.15) is 5.75 Å². The normalized spacial score (nSPS) is 10.8. The lowest BCUT2D eigenvalue weighted by Gasteiger charge is -2.13. The number of hydrogen-bond donors (Lipinski definition) is 2. The first-order valence-corrected chi connectivity index (χ1v) is 7.37. The average Bonchev–Trinajstić information content (AvgIpc) is 2.55. The zero-order chi connectivity index (χ0) is 15.4. The molecular formula is C19H20N2O. The van der Waals surface area contributed by atoms with Crippen LogP contribution in [-0.4, -0.2) is 7.11 Å². The second kappa shape index (κ2) is 6.50. The van der Waals surface area contributed by atoms with Crippen LogP contribution in [0, 0.1) is 0 Å². The smallest absolute Gasteiger partial charge is 0.123 e. The van der Waals surface area contributed by atoms with E-state index in [1.165, 1.54) is 21.9 Å². The van der Waals surface area contributed by atoms with Crippen molar-refractivity contribution in [2.75, 3.05) is 12.8 Å². The average molecular weight is 292 g/mol. The van der Waals surface area contributed by atoms with E-state index >= 15 is 0 Å². The maximum Gasteiger partial charge on any atom is 0.123 e. The molecule has 0 spiro atoms. The van der Waals surface area contributed by atoms with Crippen LogP contribution >= 0.6 is 0 Å². The minimum absolute atomic E-state index is 0.749. The summed E-state index contributed by atoms with van der Waals surface area (Å²) in [6.45, 7) is 1.52. The lowest BCUT2D eigenvalue weighted by Crippen LogP contribution is -2.14. The van der Waals surface area contributed by atoms with Gasteiger partial charge in [-0.05, 0) is 34.5 Å². The van der Waals surface area contributed by atoms with Gasteiger partial charge in [-0.2, -0.15) is 0 Å². The van der Waals surface area contributed by atoms with Gasteiger partial charge in [-0.1, -0.05) is 42.5 Å². The molecule has 0 heterocycles. The maximum absolute atomic E-state index is 5.81. The summed E-state index contributed by atoms with van der Waals surface area (Å²) < 4.78 is 5.52. The third-order valence-corrected chi connectivity index (χ3v) is 3.80. The molecule has 0 fully saturated rings. The van der Waals surface area contributed by atoms with Crippen molar-refractivity contribution in [1.29, 1.82) is 0 Å². The first kappa shape index (κ1) is 14.4. The van der Waals surface area contributed by atoms with Crippen molar-refractivity contribution in [2.24, 2.45) is 0 Å². The predicted molar refractivity (Wildman–Crippen MR) is 91.9 cm³/mol. The Kier molecular flexibility index (Phi) is 4.26. The molecule has 0 amide bonds. The molecule has 0 aliphatic carbocycles. The van der Waals surface area contributed by atoms with E-state index < -0.39 is 0 Å². The molecule has 0 saturated heterocycles. The number of benzene rings is 3. The van der Waals surface area contributed by atoms with Crippen molar-refractivity contribution >= 4 is 16.5 Å². The largest absolute Gasteiger partial charge is 0.496 e. The number of nitrogens with one attached hydrogen (secondary N) is 1. The summed E-state index contributed by atoms with van der Waals surface area (Å²) in [6, 6.07) is 20.4. The first-order chi connectivity index (χ1) is 10.8. The van der Waals surface area contributed by atoms with Crippen molar-refractivity contribution in [3.8, 4) is 5.75 Å². The Morgan fingerprint density at radius 1 is 0.955 bits per heavy atom. The summed E-state index contributed by atoms with van der Waals surface area (Å²) in [5.41, 5.74) is 8.97. The molecule has 0 aliphatic heterocycles. The SMILES string of the molecule is COc1ccc2ccccc2c1CNCc1cccc(N)c1. The zero-order valence-electron chi connectivity index (χ0n) is 12.7. The Morgan fingerprint density at radius 2 is 1.82 bits per heavy atom. The number of methoxy groups -OCH3 is 1. The highest BCUT2D eigenvalue weighted by Gasteiger charge is 2.07. The van der Waals surface area contributed by atoms with Gasteiger partial charge in [-0.3, -0.25) is 0 Å². The number of fused-ring (bicyclic) bond motifs is 1. The van der Waals surface area contributed by atoms with E-state index in [1.807, 2.05) is 24.3 Å². The molecule has 3 nitrogen and oxygen atoms in total. The third-order valence-electron chi connectivity index (χ3n) is 3.80. The molecule has 0 aliphatic rings. The maximum atomic E-state index is 5.81. The molecule has 3 N–H and O–H groups in total. The standard InChI is InChI=1S/C19H20N2O/c1-22-19-10-9-15-6-2-3-8-17(15)18(19)13-21-12-14-5-4-7-16(20)11-14/h2-11,21H,12-13,20H2,1H3. The van der Waals surface area contributed by atoms with Crippen LogP contribution < -0.4 is 15.8 Å². The quantitative estimate of drug-likeness (QED) is 0.705. The van der Waals surface area contributed by atoms with Crippen LogP contribution in [0.15, 0.2) is 60.7 Å². The molecule has 112 valence electrons. The monoisotopic (exact) mass is 292 g/mol. The Bertz CT molecular complexity index is 783. The third kappa shape index (κ3) is 3.05. The highest BCUT2D eigenvalue weighted by Crippen LogP contribution is 2.27. The Balaban J connectivity index is 1.81. The van der Waals surface area contributed by atoms with Crippen LogP contribution in [0.4, 0.5) is 5.69 Å². The molecule has 0 unspecified atom stereocenters. The Labute approximate surface area is 130 Å². The fraction of sp³-hybridized carbons (Fsp3) is 0.158. The van der Waals surface area contributed by atoms with Crippen molar-refractivity contribution in [3.05, 3.63) is 71.8 Å². The molecule has 22 heavy (non-hydrogen) atoms. The lowest BCUT2D eigenvalue weighted by molar-refractivity contribution is 0.408. The van der Waals surface area contributed by atoms with Gasteiger partial charge in [0.2, 0.25) is 0 Å². The fourth-order valence-corrected chi connectivity index (χ4v) is 2.72. The zero-order valence-corrected chi connectivity index (χ0v) is 12.7. The summed E-state index contributed by atoms with van der Waals surface area (Å²) in [5, 5.41) is 5.93. The molecule has 3 aromatic carbocycles. The molecule has 0 bridgehead atoms. The van der Waals surface area contributed by atoms with E-state index in [2.05, 4.69) is 41.7 Å². The van der Waals surface area contributed by atoms with Crippen LogP contribution in [0.25, 0.3) is 10.8 Å². The van der Waals surface area contributed by atoms with Crippen molar-refractivity contribution in [2.45, 2.75) is 13.1 Å². The molecule has 3 rings (SSSR count). The minimum atomic E-state index is 0.749. The Morgan fingerprint density at radius 3 is 2.64 bits per heavy atom. The molecule has 0 radical (unpaired) electrons. The number of rotatable bonds is 5. The highest BCUT2D eigenvalue weighted by atomic mass is 16.5. The first-order valence-electron chi connectivity index (χ1n) is 7.37. The van der Waals surface area contributed by atoms with Crippen molar-refractivity contribution in [1.82, 2.24) is 5.32 Å². The van der Waals surface area contributed by atoms with E-state index in [0.717, 1.165) is 24.5 Å². The van der Waals surface area contributed by atoms with E-state index in [4.69, 9.17) is 10.5 Å². The summed E-state index contributed by atoms with van der Waals surface area (Å²) in [7, 11) is 1.71. The van der Waals surface area contributed by atoms with Crippen molar-refractivity contribution < 1.29 is 4.74 Å². The highest BCUT2D eigenvalue weighted by molar-refractivity contribution is 5.87. The van der Waals surface area contributed by atoms with Crippen molar-refractivity contribution in [3.63, 3.8) is 0 Å². The minimum Gasteiger partial charge on any atom is -0.496 e. The van der Waals surface area contributed by atoms with Gasteiger partial charge in [-0.15, -0.1) is 0 Å². The van der Waals surface area contributed by atoms with Gasteiger partial charge >= 0.3 is 0 Å². The van der Waals surface area contributed by atoms with Gasteiger partial charge in [0.05, 0.1) is 7.11 Å². The second-order valence-corrected chi connectivity index (χ2v) is 5.32. The number of nitrogens with two attached hydrogens (primary N) is 1. The van der Waals surface area contributed by atoms with Crippen LogP contribution in [0.3, 0.4) is 0 Å². The summed E-state index contributed by atoms with van der Waals surface area (Å²) >= 11 is 0. The van der Waals surface area contributed by atoms with Crippen LogP contribution in [0.2, 0.25) is 0 Å². The van der Waals surface area contributed by atoms with Gasteiger partial charge < -0.3 is 15.8 Å². The van der Waals surface area contributed by atoms with E-state index in [9.17, 15) is 0 Å². The number of anilines is 1. The molecule has 0 saturated carbocycles. The predicted octanol–water partition coefficient (Wildman–Crippen LogP) is 3.72. The molecule has 3 aromatic rings. The number of ether oxygens (including phenoxy) is 1. The topological polar surface area (TPSA) is 47.3 Å². The summed E-state index contributed by atoms with van der Waals surface area (Å²) in [6.07, 6.45) is 0. The van der Waals surface area contributed by atoms with Gasteiger partial charge in [-0.25, -0.2) is 0 Å². The second-order valence-electron chi connectivity index (χ2n) is 5.32. The van der Waals surface area contributed by atoms with Crippen LogP contribution in [-0.2, 0) is 13.1 Å². The molecule has 0 aromatic heterocycles. The Hall–Kier alpha value is -2.52. The lowest BCUT2D eigenvalue weighted by atomic mass is 10.0. The number of hydrogen-bond acceptors (Lipinski definition) is 3. The molecule has 3 heteroatoms. The molecule has 0 atom stereocenters. The van der Waals surface area contributed by atoms with Gasteiger partial charge in [0.15, 0.2) is 0 Å². The van der Waals surface area contributed by atoms with E-state index in [-0.39, 0.29) is 0 Å².